The fourth-order valence-electron chi connectivity index (χ4n) is 3.30. The van der Waals surface area contributed by atoms with Gasteiger partial charge < -0.3 is 5.32 Å². The largest absolute Gasteiger partial charge is 0.307 e. The minimum Gasteiger partial charge on any atom is -0.307 e. The van der Waals surface area contributed by atoms with E-state index in [0.29, 0.717) is 17.5 Å². The number of unbranched alkanes of at least 4 members (excludes halogenated alkanes) is 1. The van der Waals surface area contributed by atoms with Crippen LogP contribution in [0.3, 0.4) is 0 Å². The second kappa shape index (κ2) is 6.56. The highest BCUT2D eigenvalue weighted by molar-refractivity contribution is 5.19. The summed E-state index contributed by atoms with van der Waals surface area (Å²) in [6.07, 6.45) is 7.87. The van der Waals surface area contributed by atoms with Gasteiger partial charge in [-0.3, -0.25) is 0 Å². The normalized spacial score (nSPS) is 23.4. The van der Waals surface area contributed by atoms with E-state index in [1.54, 1.807) is 0 Å². The van der Waals surface area contributed by atoms with E-state index in [9.17, 15) is 0 Å². The van der Waals surface area contributed by atoms with Crippen LogP contribution in [0.15, 0.2) is 30.3 Å². The molecule has 0 bridgehead atoms. The van der Waals surface area contributed by atoms with E-state index in [1.165, 1.54) is 44.1 Å². The molecule has 1 N–H and O–H groups in total. The van der Waals surface area contributed by atoms with Gasteiger partial charge in [-0.1, -0.05) is 63.9 Å². The standard InChI is InChI=1S/C18H29N/c1-4-5-11-17(15-9-7-6-8-10-15)19-16-12-13-18(2,3)14-16/h6-10,16-17,19H,4-5,11-14H2,1-3H3. The molecule has 0 radical (unpaired) electrons. The fraction of sp³-hybridized carbons (Fsp3) is 0.667. The van der Waals surface area contributed by atoms with Crippen LogP contribution in [0.1, 0.15) is 70.9 Å². The third kappa shape index (κ3) is 4.35. The van der Waals surface area contributed by atoms with Gasteiger partial charge in [0.25, 0.3) is 0 Å². The van der Waals surface area contributed by atoms with E-state index in [4.69, 9.17) is 0 Å². The fourth-order valence-corrected chi connectivity index (χ4v) is 3.30. The molecule has 0 heterocycles. The molecule has 2 unspecified atom stereocenters. The highest BCUT2D eigenvalue weighted by Crippen LogP contribution is 2.38. The Morgan fingerprint density at radius 3 is 2.58 bits per heavy atom. The Morgan fingerprint density at radius 2 is 2.00 bits per heavy atom. The first kappa shape index (κ1) is 14.6. The lowest BCUT2D eigenvalue weighted by Gasteiger charge is -2.25. The number of rotatable bonds is 6. The van der Waals surface area contributed by atoms with Gasteiger partial charge in [0.1, 0.15) is 0 Å². The van der Waals surface area contributed by atoms with Crippen LogP contribution < -0.4 is 5.32 Å². The molecule has 0 amide bonds. The smallest absolute Gasteiger partial charge is 0.0322 e. The molecule has 1 saturated carbocycles. The third-order valence-corrected chi connectivity index (χ3v) is 4.45. The first-order valence-electron chi connectivity index (χ1n) is 7.92. The Labute approximate surface area is 118 Å². The summed E-state index contributed by atoms with van der Waals surface area (Å²) in [6.45, 7) is 7.08. The molecular formula is C18H29N. The van der Waals surface area contributed by atoms with Gasteiger partial charge in [-0.25, -0.2) is 0 Å². The predicted molar refractivity (Wildman–Crippen MR) is 83.3 cm³/mol. The summed E-state index contributed by atoms with van der Waals surface area (Å²) < 4.78 is 0. The lowest BCUT2D eigenvalue weighted by atomic mass is 9.91. The molecule has 19 heavy (non-hydrogen) atoms. The first-order valence-corrected chi connectivity index (χ1v) is 7.92. The van der Waals surface area contributed by atoms with Crippen molar-refractivity contribution in [1.82, 2.24) is 5.32 Å². The van der Waals surface area contributed by atoms with Gasteiger partial charge in [-0.15, -0.1) is 0 Å². The molecule has 1 aromatic rings. The van der Waals surface area contributed by atoms with Crippen molar-refractivity contribution in [3.63, 3.8) is 0 Å². The molecule has 1 aromatic carbocycles. The van der Waals surface area contributed by atoms with Gasteiger partial charge in [-0.2, -0.15) is 0 Å². The zero-order valence-corrected chi connectivity index (χ0v) is 12.8. The van der Waals surface area contributed by atoms with Crippen LogP contribution in [0.4, 0.5) is 0 Å². The van der Waals surface area contributed by atoms with Crippen molar-refractivity contribution in [3.8, 4) is 0 Å². The summed E-state index contributed by atoms with van der Waals surface area (Å²) in [5.41, 5.74) is 1.99. The van der Waals surface area contributed by atoms with E-state index < -0.39 is 0 Å². The molecule has 1 fully saturated rings. The van der Waals surface area contributed by atoms with Gasteiger partial charge >= 0.3 is 0 Å². The Morgan fingerprint density at radius 1 is 1.26 bits per heavy atom. The summed E-state index contributed by atoms with van der Waals surface area (Å²) in [5.74, 6) is 0. The maximum atomic E-state index is 3.92. The van der Waals surface area contributed by atoms with Gasteiger partial charge in [0.15, 0.2) is 0 Å². The van der Waals surface area contributed by atoms with Gasteiger partial charge in [0.2, 0.25) is 0 Å². The van der Waals surface area contributed by atoms with E-state index in [1.807, 2.05) is 0 Å². The molecule has 1 aliphatic rings. The van der Waals surface area contributed by atoms with Crippen LogP contribution in [-0.2, 0) is 0 Å². The van der Waals surface area contributed by atoms with Crippen LogP contribution >= 0.6 is 0 Å². The Hall–Kier alpha value is -0.820. The lowest BCUT2D eigenvalue weighted by molar-refractivity contribution is 0.346. The Kier molecular flexibility index (Phi) is 5.04. The summed E-state index contributed by atoms with van der Waals surface area (Å²) in [4.78, 5) is 0. The van der Waals surface area contributed by atoms with Crippen molar-refractivity contribution in [2.45, 2.75) is 71.4 Å². The van der Waals surface area contributed by atoms with Crippen molar-refractivity contribution >= 4 is 0 Å². The summed E-state index contributed by atoms with van der Waals surface area (Å²) in [7, 11) is 0. The van der Waals surface area contributed by atoms with Crippen molar-refractivity contribution in [1.29, 1.82) is 0 Å². The maximum Gasteiger partial charge on any atom is 0.0322 e. The van der Waals surface area contributed by atoms with Crippen molar-refractivity contribution in [3.05, 3.63) is 35.9 Å². The molecule has 2 rings (SSSR count). The van der Waals surface area contributed by atoms with Crippen LogP contribution in [0.25, 0.3) is 0 Å². The second-order valence-corrected chi connectivity index (χ2v) is 6.88. The minimum absolute atomic E-state index is 0.531. The number of hydrogen-bond acceptors (Lipinski definition) is 1. The first-order chi connectivity index (χ1) is 9.11. The van der Waals surface area contributed by atoms with E-state index in [2.05, 4.69) is 56.4 Å². The molecular weight excluding hydrogens is 230 g/mol. The molecule has 0 aromatic heterocycles. The molecule has 2 atom stereocenters. The van der Waals surface area contributed by atoms with E-state index in [0.717, 1.165) is 0 Å². The van der Waals surface area contributed by atoms with Crippen LogP contribution in [0, 0.1) is 5.41 Å². The average Bonchev–Trinajstić information content (AvgIpc) is 2.75. The number of benzene rings is 1. The van der Waals surface area contributed by atoms with E-state index >= 15 is 0 Å². The number of nitrogens with one attached hydrogen (secondary N) is 1. The maximum absolute atomic E-state index is 3.92. The molecule has 1 aliphatic carbocycles. The van der Waals surface area contributed by atoms with Crippen LogP contribution in [0.2, 0.25) is 0 Å². The highest BCUT2D eigenvalue weighted by Gasteiger charge is 2.31. The van der Waals surface area contributed by atoms with Crippen LogP contribution in [-0.4, -0.2) is 6.04 Å². The molecule has 0 saturated heterocycles. The molecule has 0 aliphatic heterocycles. The van der Waals surface area contributed by atoms with E-state index in [-0.39, 0.29) is 0 Å². The number of hydrogen-bond donors (Lipinski definition) is 1. The minimum atomic E-state index is 0.531. The Bertz CT molecular complexity index is 369. The van der Waals surface area contributed by atoms with Gasteiger partial charge in [-0.05, 0) is 36.7 Å². The molecule has 0 spiro atoms. The van der Waals surface area contributed by atoms with Gasteiger partial charge in [0, 0.05) is 12.1 Å². The monoisotopic (exact) mass is 259 g/mol. The van der Waals surface area contributed by atoms with Crippen molar-refractivity contribution in [2.24, 2.45) is 5.41 Å². The summed E-state index contributed by atoms with van der Waals surface area (Å²) in [6, 6.07) is 12.2. The zero-order chi connectivity index (χ0) is 13.7. The second-order valence-electron chi connectivity index (χ2n) is 6.88. The summed E-state index contributed by atoms with van der Waals surface area (Å²) >= 11 is 0. The topological polar surface area (TPSA) is 12.0 Å². The van der Waals surface area contributed by atoms with Crippen molar-refractivity contribution < 1.29 is 0 Å². The average molecular weight is 259 g/mol. The Balaban J connectivity index is 1.98. The van der Waals surface area contributed by atoms with Crippen LogP contribution in [0.5, 0.6) is 0 Å². The predicted octanol–water partition coefficient (Wildman–Crippen LogP) is 5.09. The lowest BCUT2D eigenvalue weighted by Crippen LogP contribution is -2.31. The third-order valence-electron chi connectivity index (χ3n) is 4.45. The van der Waals surface area contributed by atoms with Gasteiger partial charge in [0.05, 0.1) is 0 Å². The molecule has 1 heteroatoms. The molecule has 106 valence electrons. The zero-order valence-electron chi connectivity index (χ0n) is 12.8. The molecule has 1 nitrogen and oxygen atoms in total. The highest BCUT2D eigenvalue weighted by atomic mass is 15.0. The SMILES string of the molecule is CCCCC(NC1CCC(C)(C)C1)c1ccccc1. The quantitative estimate of drug-likeness (QED) is 0.750. The van der Waals surface area contributed by atoms with Crippen molar-refractivity contribution in [2.75, 3.05) is 0 Å². The summed E-state index contributed by atoms with van der Waals surface area (Å²) in [5, 5.41) is 3.92.